The average molecular weight is 493 g/mol. The molecule has 0 radical (unpaired) electrons. The van der Waals surface area contributed by atoms with Crippen LogP contribution in [0.4, 0.5) is 4.39 Å². The van der Waals surface area contributed by atoms with Gasteiger partial charge in [-0.2, -0.15) is 0 Å². The molecule has 0 aromatic heterocycles. The van der Waals surface area contributed by atoms with E-state index in [1.807, 2.05) is 6.92 Å². The molecule has 5 nitrogen and oxygen atoms in total. The fraction of sp³-hybridized carbons (Fsp3) is 0.650. The number of halogens is 2. The van der Waals surface area contributed by atoms with E-state index < -0.39 is 0 Å². The van der Waals surface area contributed by atoms with Crippen LogP contribution in [-0.2, 0) is 4.74 Å². The highest BCUT2D eigenvalue weighted by Gasteiger charge is 2.15. The van der Waals surface area contributed by atoms with E-state index in [2.05, 4.69) is 29.2 Å². The lowest BCUT2D eigenvalue weighted by molar-refractivity contribution is 0.0625. The van der Waals surface area contributed by atoms with Gasteiger partial charge in [0.2, 0.25) is 0 Å². The molecule has 1 fully saturated rings. The fourth-order valence-corrected chi connectivity index (χ4v) is 3.01. The minimum atomic E-state index is -0.292. The highest BCUT2D eigenvalue weighted by atomic mass is 127. The van der Waals surface area contributed by atoms with E-state index in [1.165, 1.54) is 12.1 Å². The summed E-state index contributed by atoms with van der Waals surface area (Å²) in [6.07, 6.45) is 3.33. The Hall–Kier alpha value is -1.09. The molecule has 1 aromatic carbocycles. The molecule has 1 aliphatic heterocycles. The number of ether oxygens (including phenoxy) is 2. The van der Waals surface area contributed by atoms with Crippen molar-refractivity contribution in [2.75, 3.05) is 39.9 Å². The summed E-state index contributed by atoms with van der Waals surface area (Å²) in [4.78, 5) is 6.86. The van der Waals surface area contributed by atoms with Crippen LogP contribution in [0.5, 0.6) is 5.75 Å². The van der Waals surface area contributed by atoms with Gasteiger partial charge in [-0.1, -0.05) is 6.07 Å². The molecule has 0 bridgehead atoms. The molecule has 1 unspecified atom stereocenters. The van der Waals surface area contributed by atoms with Crippen LogP contribution < -0.4 is 10.1 Å². The Kier molecular flexibility index (Phi) is 11.7. The van der Waals surface area contributed by atoms with Crippen molar-refractivity contribution in [2.45, 2.75) is 39.2 Å². The molecule has 27 heavy (non-hydrogen) atoms. The highest BCUT2D eigenvalue weighted by Crippen LogP contribution is 2.18. The standard InChI is InChI=1S/C20H32FN3O2.HI/c1-4-22-20(24(3)11-8-17-9-12-25-13-10-17)23-15-16(2)26-19-7-5-6-18(21)14-19;/h5-7,14,16-17H,4,8-13,15H2,1-3H3,(H,22,23);1H. The van der Waals surface area contributed by atoms with Crippen LogP contribution in [0.1, 0.15) is 33.1 Å². The van der Waals surface area contributed by atoms with Crippen molar-refractivity contribution in [3.05, 3.63) is 30.1 Å². The van der Waals surface area contributed by atoms with E-state index in [4.69, 9.17) is 9.47 Å². The topological polar surface area (TPSA) is 46.1 Å². The van der Waals surface area contributed by atoms with Crippen molar-refractivity contribution in [1.82, 2.24) is 10.2 Å². The maximum atomic E-state index is 13.2. The van der Waals surface area contributed by atoms with Crippen molar-refractivity contribution in [3.63, 3.8) is 0 Å². The molecule has 0 saturated carbocycles. The van der Waals surface area contributed by atoms with Crippen LogP contribution in [0.2, 0.25) is 0 Å². The molecule has 2 rings (SSSR count). The Morgan fingerprint density at radius 1 is 1.41 bits per heavy atom. The summed E-state index contributed by atoms with van der Waals surface area (Å²) in [6.45, 7) is 8.08. The smallest absolute Gasteiger partial charge is 0.193 e. The molecule has 1 heterocycles. The lowest BCUT2D eigenvalue weighted by Crippen LogP contribution is -2.40. The molecule has 0 aliphatic carbocycles. The zero-order chi connectivity index (χ0) is 18.8. The fourth-order valence-electron chi connectivity index (χ4n) is 3.01. The number of nitrogens with zero attached hydrogens (tertiary/aromatic N) is 2. The second kappa shape index (κ2) is 13.1. The lowest BCUT2D eigenvalue weighted by atomic mass is 9.96. The van der Waals surface area contributed by atoms with Gasteiger partial charge in [-0.05, 0) is 51.2 Å². The minimum absolute atomic E-state index is 0. The summed E-state index contributed by atoms with van der Waals surface area (Å²) in [5.74, 6) is 1.86. The van der Waals surface area contributed by atoms with Crippen molar-refractivity contribution in [2.24, 2.45) is 10.9 Å². The van der Waals surface area contributed by atoms with Crippen molar-refractivity contribution in [3.8, 4) is 5.75 Å². The molecular weight excluding hydrogens is 460 g/mol. The van der Waals surface area contributed by atoms with Gasteiger partial charge in [0, 0.05) is 39.4 Å². The first kappa shape index (κ1) is 23.9. The quantitative estimate of drug-likeness (QED) is 0.339. The third-order valence-corrected chi connectivity index (χ3v) is 4.54. The molecular formula is C20H33FIN3O2. The first-order chi connectivity index (χ1) is 12.6. The molecule has 1 aromatic rings. The van der Waals surface area contributed by atoms with E-state index in [-0.39, 0.29) is 35.9 Å². The van der Waals surface area contributed by atoms with Crippen LogP contribution in [0.3, 0.4) is 0 Å². The van der Waals surface area contributed by atoms with Crippen molar-refractivity contribution in [1.29, 1.82) is 0 Å². The second-order valence-corrected chi connectivity index (χ2v) is 6.85. The van der Waals surface area contributed by atoms with Gasteiger partial charge in [0.1, 0.15) is 17.7 Å². The first-order valence-corrected chi connectivity index (χ1v) is 9.58. The molecule has 1 atom stereocenters. The van der Waals surface area contributed by atoms with E-state index in [0.29, 0.717) is 12.3 Å². The summed E-state index contributed by atoms with van der Waals surface area (Å²) in [6, 6.07) is 6.21. The minimum Gasteiger partial charge on any atom is -0.489 e. The SMILES string of the molecule is CCNC(=NCC(C)Oc1cccc(F)c1)N(C)CCC1CCOCC1.I. The van der Waals surface area contributed by atoms with Crippen LogP contribution >= 0.6 is 24.0 Å². The van der Waals surface area contributed by atoms with Gasteiger partial charge in [-0.15, -0.1) is 24.0 Å². The summed E-state index contributed by atoms with van der Waals surface area (Å²) in [5.41, 5.74) is 0. The third kappa shape index (κ3) is 9.10. The number of aliphatic imine (C=N–C) groups is 1. The van der Waals surface area contributed by atoms with Gasteiger partial charge in [-0.3, -0.25) is 0 Å². The number of hydrogen-bond donors (Lipinski definition) is 1. The predicted molar refractivity (Wildman–Crippen MR) is 119 cm³/mol. The molecule has 0 spiro atoms. The molecule has 1 aliphatic rings. The van der Waals surface area contributed by atoms with Crippen molar-refractivity contribution >= 4 is 29.9 Å². The third-order valence-electron chi connectivity index (χ3n) is 4.54. The normalized spacial score (nSPS) is 16.4. The van der Waals surface area contributed by atoms with Gasteiger partial charge in [0.05, 0.1) is 6.54 Å². The van der Waals surface area contributed by atoms with E-state index in [9.17, 15) is 4.39 Å². The number of rotatable bonds is 8. The van der Waals surface area contributed by atoms with Crippen molar-refractivity contribution < 1.29 is 13.9 Å². The molecule has 1 saturated heterocycles. The Morgan fingerprint density at radius 3 is 2.81 bits per heavy atom. The second-order valence-electron chi connectivity index (χ2n) is 6.85. The van der Waals surface area contributed by atoms with Gasteiger partial charge in [0.15, 0.2) is 5.96 Å². The van der Waals surface area contributed by atoms with Crippen LogP contribution in [0.25, 0.3) is 0 Å². The Bertz CT molecular complexity index is 568. The Morgan fingerprint density at radius 2 is 2.15 bits per heavy atom. The van der Waals surface area contributed by atoms with E-state index >= 15 is 0 Å². The zero-order valence-corrected chi connectivity index (χ0v) is 18.9. The van der Waals surface area contributed by atoms with E-state index in [0.717, 1.165) is 57.4 Å². The van der Waals surface area contributed by atoms with Crippen LogP contribution in [0, 0.1) is 11.7 Å². The first-order valence-electron chi connectivity index (χ1n) is 9.58. The van der Waals surface area contributed by atoms with E-state index in [1.54, 1.807) is 12.1 Å². The van der Waals surface area contributed by atoms with Gasteiger partial charge < -0.3 is 19.7 Å². The number of benzene rings is 1. The molecule has 7 heteroatoms. The zero-order valence-electron chi connectivity index (χ0n) is 16.6. The summed E-state index contributed by atoms with van der Waals surface area (Å²) < 4.78 is 24.4. The van der Waals surface area contributed by atoms with Gasteiger partial charge in [0.25, 0.3) is 0 Å². The molecule has 0 amide bonds. The number of nitrogens with one attached hydrogen (secondary N) is 1. The van der Waals surface area contributed by atoms with Gasteiger partial charge >= 0.3 is 0 Å². The number of hydrogen-bond acceptors (Lipinski definition) is 3. The maximum Gasteiger partial charge on any atom is 0.193 e. The monoisotopic (exact) mass is 493 g/mol. The lowest BCUT2D eigenvalue weighted by Gasteiger charge is -2.27. The Labute approximate surface area is 179 Å². The summed E-state index contributed by atoms with van der Waals surface area (Å²) in [7, 11) is 2.07. The molecule has 1 N–H and O–H groups in total. The average Bonchev–Trinajstić information content (AvgIpc) is 2.64. The number of guanidine groups is 1. The maximum absolute atomic E-state index is 13.2. The van der Waals surface area contributed by atoms with Crippen LogP contribution in [0.15, 0.2) is 29.3 Å². The largest absolute Gasteiger partial charge is 0.489 e. The van der Waals surface area contributed by atoms with Gasteiger partial charge in [-0.25, -0.2) is 9.38 Å². The van der Waals surface area contributed by atoms with Crippen LogP contribution in [-0.4, -0.2) is 56.9 Å². The summed E-state index contributed by atoms with van der Waals surface area (Å²) >= 11 is 0. The molecule has 154 valence electrons. The predicted octanol–water partition coefficient (Wildman–Crippen LogP) is 3.93. The highest BCUT2D eigenvalue weighted by molar-refractivity contribution is 14.0. The Balaban J connectivity index is 0.00000364. The summed E-state index contributed by atoms with van der Waals surface area (Å²) in [5, 5.41) is 3.33.